The van der Waals surface area contributed by atoms with Crippen LogP contribution in [0.5, 0.6) is 0 Å². The van der Waals surface area contributed by atoms with E-state index in [9.17, 15) is 0 Å². The Bertz CT molecular complexity index is 381. The molecule has 1 aromatic heterocycles. The highest BCUT2D eigenvalue weighted by Gasteiger charge is 2.17. The van der Waals surface area contributed by atoms with Crippen LogP contribution < -0.4 is 0 Å². The molecule has 0 atom stereocenters. The Balaban J connectivity index is 2.81. The average Bonchev–Trinajstić information content (AvgIpc) is 2.28. The van der Waals surface area contributed by atoms with Crippen molar-refractivity contribution in [1.29, 1.82) is 0 Å². The lowest BCUT2D eigenvalue weighted by molar-refractivity contribution is 0.305. The molecule has 0 saturated carbocycles. The highest BCUT2D eigenvalue weighted by molar-refractivity contribution is 6.29. The van der Waals surface area contributed by atoms with Gasteiger partial charge >= 0.3 is 0 Å². The number of hydrogen-bond donors (Lipinski definition) is 0. The van der Waals surface area contributed by atoms with Gasteiger partial charge in [0.05, 0.1) is 5.69 Å². The smallest absolute Gasteiger partial charge is 0.133 e. The molecular formula is C14H24ClN3. The zero-order chi connectivity index (χ0) is 13.8. The molecule has 0 amide bonds. The van der Waals surface area contributed by atoms with E-state index >= 15 is 0 Å². The predicted molar refractivity (Wildman–Crippen MR) is 77.2 cm³/mol. The molecule has 0 N–H and O–H groups in total. The average molecular weight is 270 g/mol. The molecule has 1 aromatic rings. The highest BCUT2D eigenvalue weighted by atomic mass is 35.5. The lowest BCUT2D eigenvalue weighted by Crippen LogP contribution is -2.26. The number of hydrogen-bond acceptors (Lipinski definition) is 3. The van der Waals surface area contributed by atoms with Gasteiger partial charge in [0.1, 0.15) is 11.0 Å². The van der Waals surface area contributed by atoms with Gasteiger partial charge in [-0.2, -0.15) is 0 Å². The molecule has 0 bridgehead atoms. The van der Waals surface area contributed by atoms with E-state index in [1.807, 2.05) is 6.07 Å². The predicted octanol–water partition coefficient (Wildman–Crippen LogP) is 3.31. The van der Waals surface area contributed by atoms with E-state index in [4.69, 9.17) is 11.6 Å². The van der Waals surface area contributed by atoms with E-state index < -0.39 is 0 Å². The minimum absolute atomic E-state index is 0.0104. The van der Waals surface area contributed by atoms with Crippen molar-refractivity contribution < 1.29 is 0 Å². The molecule has 4 heteroatoms. The van der Waals surface area contributed by atoms with E-state index in [1.54, 1.807) is 0 Å². The lowest BCUT2D eigenvalue weighted by atomic mass is 9.92. The summed E-state index contributed by atoms with van der Waals surface area (Å²) in [6.07, 6.45) is 0.852. The summed E-state index contributed by atoms with van der Waals surface area (Å²) in [5, 5.41) is 0.546. The summed E-state index contributed by atoms with van der Waals surface area (Å²) in [4.78, 5) is 11.3. The van der Waals surface area contributed by atoms with Crippen molar-refractivity contribution >= 4 is 11.6 Å². The first-order valence-corrected chi connectivity index (χ1v) is 7.01. The normalized spacial score (nSPS) is 12.2. The van der Waals surface area contributed by atoms with Gasteiger partial charge in [-0.3, -0.25) is 0 Å². The van der Waals surface area contributed by atoms with Crippen LogP contribution in [0.15, 0.2) is 6.07 Å². The second-order valence-electron chi connectivity index (χ2n) is 5.52. The first kappa shape index (κ1) is 15.4. The fourth-order valence-electron chi connectivity index (χ4n) is 1.76. The Morgan fingerprint density at radius 2 is 1.78 bits per heavy atom. The Labute approximate surface area is 116 Å². The van der Waals surface area contributed by atoms with Gasteiger partial charge in [-0.1, -0.05) is 46.2 Å². The van der Waals surface area contributed by atoms with Crippen molar-refractivity contribution in [3.05, 3.63) is 22.7 Å². The van der Waals surface area contributed by atoms with Crippen molar-refractivity contribution in [2.45, 2.75) is 46.5 Å². The molecule has 0 spiro atoms. The molecule has 0 radical (unpaired) electrons. The Morgan fingerprint density at radius 3 is 2.28 bits per heavy atom. The molecular weight excluding hydrogens is 246 g/mol. The van der Waals surface area contributed by atoms with Gasteiger partial charge in [0.2, 0.25) is 0 Å². The summed E-state index contributed by atoms with van der Waals surface area (Å²) in [6, 6.07) is 1.86. The fraction of sp³-hybridized carbons (Fsp3) is 0.714. The van der Waals surface area contributed by atoms with Crippen LogP contribution in [-0.2, 0) is 11.8 Å². The van der Waals surface area contributed by atoms with Crippen molar-refractivity contribution in [3.63, 3.8) is 0 Å². The zero-order valence-corrected chi connectivity index (χ0v) is 12.9. The summed E-state index contributed by atoms with van der Waals surface area (Å²) < 4.78 is 0. The Kier molecular flexibility index (Phi) is 5.54. The van der Waals surface area contributed by atoms with Crippen LogP contribution in [0.1, 0.15) is 46.1 Å². The molecule has 0 aliphatic heterocycles. The van der Waals surface area contributed by atoms with E-state index in [-0.39, 0.29) is 5.41 Å². The molecule has 0 aliphatic carbocycles. The molecule has 0 aliphatic rings. The molecule has 0 fully saturated rings. The molecule has 0 aromatic carbocycles. The summed E-state index contributed by atoms with van der Waals surface area (Å²) in [6.45, 7) is 13.9. The van der Waals surface area contributed by atoms with Gasteiger partial charge < -0.3 is 4.90 Å². The van der Waals surface area contributed by atoms with E-state index in [1.165, 1.54) is 0 Å². The number of aromatic nitrogens is 2. The maximum absolute atomic E-state index is 6.07. The monoisotopic (exact) mass is 269 g/mol. The third kappa shape index (κ3) is 4.54. The summed E-state index contributed by atoms with van der Waals surface area (Å²) in [7, 11) is 0. The molecule has 102 valence electrons. The SMILES string of the molecule is CCN(CC)CCc1nc(Cl)cc(C(C)(C)C)n1. The highest BCUT2D eigenvalue weighted by Crippen LogP contribution is 2.22. The second kappa shape index (κ2) is 6.48. The second-order valence-corrected chi connectivity index (χ2v) is 5.91. The largest absolute Gasteiger partial charge is 0.303 e. The van der Waals surface area contributed by atoms with Gasteiger partial charge in [-0.25, -0.2) is 9.97 Å². The Hall–Kier alpha value is -0.670. The third-order valence-corrected chi connectivity index (χ3v) is 3.25. The molecule has 18 heavy (non-hydrogen) atoms. The van der Waals surface area contributed by atoms with Crippen molar-refractivity contribution in [2.75, 3.05) is 19.6 Å². The summed E-state index contributed by atoms with van der Waals surface area (Å²) >= 11 is 6.07. The number of rotatable bonds is 5. The maximum Gasteiger partial charge on any atom is 0.133 e. The third-order valence-electron chi connectivity index (χ3n) is 3.06. The molecule has 0 unspecified atom stereocenters. The molecule has 0 saturated heterocycles. The number of halogens is 1. The van der Waals surface area contributed by atoms with E-state index in [0.29, 0.717) is 5.15 Å². The van der Waals surface area contributed by atoms with Crippen LogP contribution in [0.3, 0.4) is 0 Å². The van der Waals surface area contributed by atoms with Gasteiger partial charge in [0.15, 0.2) is 0 Å². The number of nitrogens with zero attached hydrogens (tertiary/aromatic N) is 3. The Morgan fingerprint density at radius 1 is 1.17 bits per heavy atom. The van der Waals surface area contributed by atoms with Crippen molar-refractivity contribution in [2.24, 2.45) is 0 Å². The fourth-order valence-corrected chi connectivity index (χ4v) is 1.96. The van der Waals surface area contributed by atoms with Crippen LogP contribution in [-0.4, -0.2) is 34.5 Å². The van der Waals surface area contributed by atoms with Gasteiger partial charge in [0.25, 0.3) is 0 Å². The maximum atomic E-state index is 6.07. The van der Waals surface area contributed by atoms with Gasteiger partial charge in [0, 0.05) is 18.4 Å². The van der Waals surface area contributed by atoms with Crippen molar-refractivity contribution in [3.8, 4) is 0 Å². The van der Waals surface area contributed by atoms with Crippen LogP contribution in [0.4, 0.5) is 0 Å². The molecule has 1 heterocycles. The van der Waals surface area contributed by atoms with E-state index in [0.717, 1.165) is 37.6 Å². The number of likely N-dealkylation sites (N-methyl/N-ethyl adjacent to an activating group) is 1. The van der Waals surface area contributed by atoms with Gasteiger partial charge in [-0.15, -0.1) is 0 Å². The first-order valence-electron chi connectivity index (χ1n) is 6.63. The van der Waals surface area contributed by atoms with Crippen LogP contribution in [0.25, 0.3) is 0 Å². The summed E-state index contributed by atoms with van der Waals surface area (Å²) in [5.74, 6) is 0.847. The van der Waals surface area contributed by atoms with Crippen LogP contribution in [0.2, 0.25) is 5.15 Å². The molecule has 3 nitrogen and oxygen atoms in total. The summed E-state index contributed by atoms with van der Waals surface area (Å²) in [5.41, 5.74) is 1.02. The first-order chi connectivity index (χ1) is 8.36. The van der Waals surface area contributed by atoms with Gasteiger partial charge in [-0.05, 0) is 19.2 Å². The zero-order valence-electron chi connectivity index (χ0n) is 12.1. The van der Waals surface area contributed by atoms with Crippen LogP contribution in [0, 0.1) is 0 Å². The van der Waals surface area contributed by atoms with Crippen LogP contribution >= 0.6 is 11.6 Å². The van der Waals surface area contributed by atoms with Crippen molar-refractivity contribution in [1.82, 2.24) is 14.9 Å². The van der Waals surface area contributed by atoms with E-state index in [2.05, 4.69) is 49.5 Å². The molecule has 1 rings (SSSR count). The standard InChI is InChI=1S/C14H24ClN3/c1-6-18(7-2)9-8-13-16-11(14(3,4)5)10-12(15)17-13/h10H,6-9H2,1-5H3. The quantitative estimate of drug-likeness (QED) is 0.768. The minimum Gasteiger partial charge on any atom is -0.303 e. The topological polar surface area (TPSA) is 29.0 Å². The lowest BCUT2D eigenvalue weighted by Gasteiger charge is -2.20. The minimum atomic E-state index is 0.0104.